The molecule has 0 aliphatic carbocycles. The third kappa shape index (κ3) is 2.69. The summed E-state index contributed by atoms with van der Waals surface area (Å²) in [6, 6.07) is 4.28. The molecule has 0 unspecified atom stereocenters. The molecule has 0 spiro atoms. The van der Waals surface area contributed by atoms with E-state index >= 15 is 0 Å². The van der Waals surface area contributed by atoms with Gasteiger partial charge in [0.2, 0.25) is 0 Å². The molecule has 0 aliphatic heterocycles. The van der Waals surface area contributed by atoms with Crippen LogP contribution in [0.2, 0.25) is 0 Å². The van der Waals surface area contributed by atoms with Gasteiger partial charge in [-0.05, 0) is 44.0 Å². The van der Waals surface area contributed by atoms with Crippen molar-refractivity contribution in [1.29, 1.82) is 0 Å². The van der Waals surface area contributed by atoms with E-state index in [1.54, 1.807) is 6.33 Å². The molecule has 1 aromatic heterocycles. The Labute approximate surface area is 110 Å². The minimum Gasteiger partial charge on any atom is -0.379 e. The normalized spacial score (nSPS) is 10.6. The molecule has 4 heteroatoms. The summed E-state index contributed by atoms with van der Waals surface area (Å²) in [6.07, 6.45) is 1.73. The van der Waals surface area contributed by atoms with Gasteiger partial charge in [-0.15, -0.1) is 0 Å². The molecular weight excluding hydrogens is 278 g/mol. The molecule has 2 N–H and O–H groups in total. The van der Waals surface area contributed by atoms with E-state index in [1.807, 2.05) is 6.92 Å². The van der Waals surface area contributed by atoms with Crippen LogP contribution in [0.3, 0.4) is 0 Å². The number of aromatic nitrogens is 2. The minimum atomic E-state index is 0.746. The fourth-order valence-corrected chi connectivity index (χ4v) is 2.03. The predicted octanol–water partition coefficient (Wildman–Crippen LogP) is 3.71. The van der Waals surface area contributed by atoms with Crippen molar-refractivity contribution in [2.75, 3.05) is 5.32 Å². The first-order chi connectivity index (χ1) is 8.08. The molecular formula is C13H16BrN3. The second kappa shape index (κ2) is 4.92. The van der Waals surface area contributed by atoms with Crippen LogP contribution in [0.25, 0.3) is 0 Å². The van der Waals surface area contributed by atoms with E-state index < -0.39 is 0 Å². The highest BCUT2D eigenvalue weighted by Gasteiger charge is 2.04. The maximum Gasteiger partial charge on any atom is 0.0925 e. The summed E-state index contributed by atoms with van der Waals surface area (Å²) in [6.45, 7) is 6.97. The van der Waals surface area contributed by atoms with Gasteiger partial charge >= 0.3 is 0 Å². The van der Waals surface area contributed by atoms with Crippen LogP contribution >= 0.6 is 15.9 Å². The Balaban J connectivity index is 2.12. The number of nitrogens with zero attached hydrogens (tertiary/aromatic N) is 1. The SMILES string of the molecule is Cc1cc(NCc2nc[nH]c2C)cc(C)c1Br. The number of hydrogen-bond acceptors (Lipinski definition) is 2. The fourth-order valence-electron chi connectivity index (χ4n) is 1.80. The predicted molar refractivity (Wildman–Crippen MR) is 74.3 cm³/mol. The second-order valence-electron chi connectivity index (χ2n) is 4.25. The molecule has 0 aliphatic rings. The van der Waals surface area contributed by atoms with Crippen LogP contribution in [0.5, 0.6) is 0 Å². The molecule has 2 rings (SSSR count). The van der Waals surface area contributed by atoms with Gasteiger partial charge in [-0.1, -0.05) is 15.9 Å². The summed E-state index contributed by atoms with van der Waals surface area (Å²) in [7, 11) is 0. The van der Waals surface area contributed by atoms with Crippen molar-refractivity contribution in [3.8, 4) is 0 Å². The summed E-state index contributed by atoms with van der Waals surface area (Å²) in [5.41, 5.74) is 5.79. The van der Waals surface area contributed by atoms with E-state index in [1.165, 1.54) is 15.6 Å². The van der Waals surface area contributed by atoms with E-state index in [4.69, 9.17) is 0 Å². The number of halogens is 1. The molecule has 90 valence electrons. The molecule has 17 heavy (non-hydrogen) atoms. The number of hydrogen-bond donors (Lipinski definition) is 2. The number of benzene rings is 1. The zero-order chi connectivity index (χ0) is 12.4. The summed E-state index contributed by atoms with van der Waals surface area (Å²) < 4.78 is 1.18. The molecule has 0 fully saturated rings. The molecule has 0 saturated carbocycles. The number of rotatable bonds is 3. The Morgan fingerprint density at radius 1 is 1.24 bits per heavy atom. The maximum absolute atomic E-state index is 4.27. The van der Waals surface area contributed by atoms with E-state index in [0.717, 1.165) is 23.6 Å². The lowest BCUT2D eigenvalue weighted by Crippen LogP contribution is -2.02. The van der Waals surface area contributed by atoms with Gasteiger partial charge in [-0.3, -0.25) is 0 Å². The van der Waals surface area contributed by atoms with Gasteiger partial charge in [0.25, 0.3) is 0 Å². The van der Waals surface area contributed by atoms with E-state index in [-0.39, 0.29) is 0 Å². The number of H-pyrrole nitrogens is 1. The Morgan fingerprint density at radius 2 is 1.88 bits per heavy atom. The Kier molecular flexibility index (Phi) is 3.52. The van der Waals surface area contributed by atoms with Crippen molar-refractivity contribution < 1.29 is 0 Å². The average molecular weight is 294 g/mol. The van der Waals surface area contributed by atoms with Crippen LogP contribution in [0.1, 0.15) is 22.5 Å². The van der Waals surface area contributed by atoms with E-state index in [2.05, 4.69) is 57.2 Å². The number of anilines is 1. The molecule has 2 aromatic rings. The third-order valence-electron chi connectivity index (χ3n) is 2.83. The van der Waals surface area contributed by atoms with Crippen LogP contribution < -0.4 is 5.32 Å². The lowest BCUT2D eigenvalue weighted by molar-refractivity contribution is 1.05. The van der Waals surface area contributed by atoms with Gasteiger partial charge in [0.15, 0.2) is 0 Å². The van der Waals surface area contributed by atoms with Crippen LogP contribution in [-0.4, -0.2) is 9.97 Å². The van der Waals surface area contributed by atoms with Crippen LogP contribution in [0.4, 0.5) is 5.69 Å². The smallest absolute Gasteiger partial charge is 0.0925 e. The summed E-state index contributed by atoms with van der Waals surface area (Å²) >= 11 is 3.57. The van der Waals surface area contributed by atoms with Crippen molar-refractivity contribution >= 4 is 21.6 Å². The number of imidazole rings is 1. The molecule has 0 atom stereocenters. The largest absolute Gasteiger partial charge is 0.379 e. The number of nitrogens with one attached hydrogen (secondary N) is 2. The van der Waals surface area contributed by atoms with Gasteiger partial charge in [-0.2, -0.15) is 0 Å². The maximum atomic E-state index is 4.27. The summed E-state index contributed by atoms with van der Waals surface area (Å²) in [5.74, 6) is 0. The Bertz CT molecular complexity index is 508. The molecule has 1 heterocycles. The first kappa shape index (κ1) is 12.2. The zero-order valence-electron chi connectivity index (χ0n) is 10.3. The Hall–Kier alpha value is -1.29. The highest BCUT2D eigenvalue weighted by molar-refractivity contribution is 9.10. The van der Waals surface area contributed by atoms with Gasteiger partial charge in [-0.25, -0.2) is 4.98 Å². The van der Waals surface area contributed by atoms with Crippen molar-refractivity contribution in [2.45, 2.75) is 27.3 Å². The molecule has 1 aromatic carbocycles. The quantitative estimate of drug-likeness (QED) is 0.906. The molecule has 0 radical (unpaired) electrons. The van der Waals surface area contributed by atoms with E-state index in [0.29, 0.717) is 0 Å². The third-order valence-corrected chi connectivity index (χ3v) is 4.08. The lowest BCUT2D eigenvalue weighted by atomic mass is 10.1. The van der Waals surface area contributed by atoms with Gasteiger partial charge in [0.1, 0.15) is 0 Å². The van der Waals surface area contributed by atoms with E-state index in [9.17, 15) is 0 Å². The number of aromatic amines is 1. The van der Waals surface area contributed by atoms with Crippen molar-refractivity contribution in [3.63, 3.8) is 0 Å². The Morgan fingerprint density at radius 3 is 2.41 bits per heavy atom. The second-order valence-corrected chi connectivity index (χ2v) is 5.04. The highest BCUT2D eigenvalue weighted by Crippen LogP contribution is 2.25. The van der Waals surface area contributed by atoms with Crippen molar-refractivity contribution in [1.82, 2.24) is 9.97 Å². The first-order valence-electron chi connectivity index (χ1n) is 5.57. The lowest BCUT2D eigenvalue weighted by Gasteiger charge is -2.10. The first-order valence-corrected chi connectivity index (χ1v) is 6.36. The standard InChI is InChI=1S/C13H16BrN3/c1-8-4-11(5-9(2)13(8)14)15-6-12-10(3)16-7-17-12/h4-5,7,15H,6H2,1-3H3,(H,16,17). The van der Waals surface area contributed by atoms with Crippen LogP contribution in [-0.2, 0) is 6.54 Å². The van der Waals surface area contributed by atoms with Crippen LogP contribution in [0.15, 0.2) is 22.9 Å². The number of aryl methyl sites for hydroxylation is 3. The fraction of sp³-hybridized carbons (Fsp3) is 0.308. The minimum absolute atomic E-state index is 0.746. The highest BCUT2D eigenvalue weighted by atomic mass is 79.9. The van der Waals surface area contributed by atoms with Gasteiger partial charge in [0.05, 0.1) is 18.6 Å². The van der Waals surface area contributed by atoms with Gasteiger partial charge < -0.3 is 10.3 Å². The average Bonchev–Trinajstić information content (AvgIpc) is 2.69. The van der Waals surface area contributed by atoms with Gasteiger partial charge in [0, 0.05) is 15.9 Å². The monoisotopic (exact) mass is 293 g/mol. The molecule has 0 saturated heterocycles. The zero-order valence-corrected chi connectivity index (χ0v) is 11.9. The molecule has 0 bridgehead atoms. The van der Waals surface area contributed by atoms with Crippen molar-refractivity contribution in [3.05, 3.63) is 45.4 Å². The van der Waals surface area contributed by atoms with Crippen molar-refractivity contribution in [2.24, 2.45) is 0 Å². The summed E-state index contributed by atoms with van der Waals surface area (Å²) in [4.78, 5) is 7.34. The van der Waals surface area contributed by atoms with Crippen LogP contribution in [0, 0.1) is 20.8 Å². The topological polar surface area (TPSA) is 40.7 Å². The molecule has 0 amide bonds. The molecule has 3 nitrogen and oxygen atoms in total. The summed E-state index contributed by atoms with van der Waals surface area (Å²) in [5, 5.41) is 3.39.